The van der Waals surface area contributed by atoms with Gasteiger partial charge in [-0.2, -0.15) is 0 Å². The predicted molar refractivity (Wildman–Crippen MR) is 64.6 cm³/mol. The fraction of sp³-hybridized carbons (Fsp3) is 0.455. The van der Waals surface area contributed by atoms with Gasteiger partial charge in [0.2, 0.25) is 0 Å². The molecule has 0 aliphatic heterocycles. The first kappa shape index (κ1) is 12.3. The molecule has 1 aromatic rings. The Bertz CT molecular complexity index is 366. The van der Waals surface area contributed by atoms with E-state index in [1.165, 1.54) is 7.11 Å². The molecule has 0 fully saturated rings. The predicted octanol–water partition coefficient (Wildman–Crippen LogP) is 2.53. The van der Waals surface area contributed by atoms with E-state index in [2.05, 4.69) is 15.9 Å². The van der Waals surface area contributed by atoms with Gasteiger partial charge >= 0.3 is 0 Å². The van der Waals surface area contributed by atoms with E-state index in [0.717, 1.165) is 15.6 Å². The maximum absolute atomic E-state index is 10.0. The molecule has 1 unspecified atom stereocenters. The zero-order valence-corrected chi connectivity index (χ0v) is 10.8. The molecule has 1 rings (SSSR count). The van der Waals surface area contributed by atoms with Crippen molar-refractivity contribution in [1.29, 1.82) is 0 Å². The lowest BCUT2D eigenvalue weighted by Gasteiger charge is -2.17. The molecule has 3 nitrogen and oxygen atoms in total. The molecule has 0 spiro atoms. The first-order chi connectivity index (χ1) is 7.02. The molecule has 1 atom stereocenters. The second kappa shape index (κ2) is 4.86. The van der Waals surface area contributed by atoms with Crippen LogP contribution in [0, 0.1) is 6.92 Å². The molecule has 0 heterocycles. The van der Waals surface area contributed by atoms with E-state index >= 15 is 0 Å². The van der Waals surface area contributed by atoms with Crippen LogP contribution < -0.4 is 10.5 Å². The summed E-state index contributed by atoms with van der Waals surface area (Å²) >= 11 is 3.35. The number of nitrogens with two attached hydrogens (primary N) is 1. The molecular weight excluding hydrogens is 258 g/mol. The summed E-state index contributed by atoms with van der Waals surface area (Å²) < 4.78 is 5.89. The summed E-state index contributed by atoms with van der Waals surface area (Å²) in [6.07, 6.45) is 0. The highest BCUT2D eigenvalue weighted by Crippen LogP contribution is 2.41. The quantitative estimate of drug-likeness (QED) is 0.890. The smallest absolute Gasteiger partial charge is 0.174 e. The Balaban J connectivity index is 3.38. The number of hydrogen-bond donors (Lipinski definition) is 2. The van der Waals surface area contributed by atoms with Crippen LogP contribution in [0.5, 0.6) is 11.5 Å². The van der Waals surface area contributed by atoms with Crippen LogP contribution in [0.3, 0.4) is 0 Å². The largest absolute Gasteiger partial charge is 0.504 e. The number of halogens is 1. The summed E-state index contributed by atoms with van der Waals surface area (Å²) in [6.45, 7) is 4.43. The Morgan fingerprint density at radius 1 is 1.60 bits per heavy atom. The molecular formula is C11H16BrNO2. The van der Waals surface area contributed by atoms with Crippen LogP contribution in [0.15, 0.2) is 10.5 Å². The van der Waals surface area contributed by atoms with Gasteiger partial charge < -0.3 is 15.6 Å². The van der Waals surface area contributed by atoms with E-state index in [-0.39, 0.29) is 11.7 Å². The monoisotopic (exact) mass is 273 g/mol. The highest BCUT2D eigenvalue weighted by Gasteiger charge is 2.18. The molecule has 0 saturated carbocycles. The summed E-state index contributed by atoms with van der Waals surface area (Å²) in [4.78, 5) is 0. The van der Waals surface area contributed by atoms with Crippen molar-refractivity contribution in [3.05, 3.63) is 21.7 Å². The van der Waals surface area contributed by atoms with Crippen LogP contribution in [-0.4, -0.2) is 18.8 Å². The van der Waals surface area contributed by atoms with Crippen molar-refractivity contribution in [1.82, 2.24) is 0 Å². The number of benzene rings is 1. The molecule has 0 bridgehead atoms. The Morgan fingerprint density at radius 2 is 2.20 bits per heavy atom. The van der Waals surface area contributed by atoms with Gasteiger partial charge in [0, 0.05) is 5.56 Å². The van der Waals surface area contributed by atoms with Gasteiger partial charge in [-0.05, 0) is 46.9 Å². The zero-order chi connectivity index (χ0) is 11.6. The van der Waals surface area contributed by atoms with Crippen LogP contribution in [0.25, 0.3) is 0 Å². The van der Waals surface area contributed by atoms with Crippen molar-refractivity contribution in [3.63, 3.8) is 0 Å². The minimum Gasteiger partial charge on any atom is -0.504 e. The first-order valence-corrected chi connectivity index (χ1v) is 5.58. The number of phenols is 1. The molecule has 1 aromatic carbocycles. The van der Waals surface area contributed by atoms with Gasteiger partial charge in [0.05, 0.1) is 11.6 Å². The zero-order valence-electron chi connectivity index (χ0n) is 9.17. The van der Waals surface area contributed by atoms with E-state index in [4.69, 9.17) is 10.5 Å². The van der Waals surface area contributed by atoms with Crippen molar-refractivity contribution < 1.29 is 9.84 Å². The fourth-order valence-electron chi connectivity index (χ4n) is 1.69. The molecule has 15 heavy (non-hydrogen) atoms. The van der Waals surface area contributed by atoms with E-state index in [1.807, 2.05) is 19.9 Å². The van der Waals surface area contributed by atoms with Gasteiger partial charge in [0.1, 0.15) is 0 Å². The minimum absolute atomic E-state index is 0.118. The van der Waals surface area contributed by atoms with Crippen LogP contribution in [-0.2, 0) is 0 Å². The van der Waals surface area contributed by atoms with Crippen LogP contribution in [0.4, 0.5) is 0 Å². The highest BCUT2D eigenvalue weighted by atomic mass is 79.9. The highest BCUT2D eigenvalue weighted by molar-refractivity contribution is 9.10. The van der Waals surface area contributed by atoms with Crippen LogP contribution in [0.1, 0.15) is 24.0 Å². The Morgan fingerprint density at radius 3 is 2.67 bits per heavy atom. The van der Waals surface area contributed by atoms with Crippen molar-refractivity contribution >= 4 is 15.9 Å². The maximum Gasteiger partial charge on any atom is 0.174 e. The molecule has 4 heteroatoms. The van der Waals surface area contributed by atoms with E-state index in [1.54, 1.807) is 0 Å². The number of ether oxygens (including phenoxy) is 1. The maximum atomic E-state index is 10.0. The van der Waals surface area contributed by atoms with Crippen LogP contribution in [0.2, 0.25) is 0 Å². The van der Waals surface area contributed by atoms with Gasteiger partial charge in [-0.3, -0.25) is 0 Å². The molecule has 0 aliphatic rings. The Kier molecular flexibility index (Phi) is 3.99. The van der Waals surface area contributed by atoms with Gasteiger partial charge in [-0.25, -0.2) is 0 Å². The van der Waals surface area contributed by atoms with Gasteiger partial charge in [-0.15, -0.1) is 0 Å². The second-order valence-corrected chi connectivity index (χ2v) is 4.46. The summed E-state index contributed by atoms with van der Waals surface area (Å²) in [5.74, 6) is 0.769. The molecule has 0 radical (unpaired) electrons. The number of hydrogen-bond acceptors (Lipinski definition) is 3. The number of methoxy groups -OCH3 is 1. The number of phenolic OH excluding ortho intramolecular Hbond substituents is 1. The number of aryl methyl sites for hydroxylation is 1. The summed E-state index contributed by atoms with van der Waals surface area (Å²) in [5, 5.41) is 10.0. The second-order valence-electron chi connectivity index (χ2n) is 3.61. The lowest BCUT2D eigenvalue weighted by molar-refractivity contribution is 0.366. The fourth-order valence-corrected chi connectivity index (χ4v) is 2.38. The lowest BCUT2D eigenvalue weighted by atomic mass is 9.95. The molecule has 0 amide bonds. The molecule has 0 saturated heterocycles. The van der Waals surface area contributed by atoms with Crippen molar-refractivity contribution in [2.24, 2.45) is 5.73 Å². The Hall–Kier alpha value is -0.740. The van der Waals surface area contributed by atoms with Gasteiger partial charge in [0.15, 0.2) is 11.5 Å². The molecule has 0 aliphatic carbocycles. The summed E-state index contributed by atoms with van der Waals surface area (Å²) in [6, 6.07) is 1.93. The van der Waals surface area contributed by atoms with Crippen molar-refractivity contribution in [3.8, 4) is 11.5 Å². The first-order valence-electron chi connectivity index (χ1n) is 4.78. The third-order valence-corrected chi connectivity index (χ3v) is 3.09. The van der Waals surface area contributed by atoms with Crippen LogP contribution >= 0.6 is 15.9 Å². The Labute approximate surface area is 98.4 Å². The van der Waals surface area contributed by atoms with Gasteiger partial charge in [-0.1, -0.05) is 6.92 Å². The van der Waals surface area contributed by atoms with Gasteiger partial charge in [0.25, 0.3) is 0 Å². The minimum atomic E-state index is 0.118. The molecule has 0 aromatic heterocycles. The van der Waals surface area contributed by atoms with E-state index < -0.39 is 0 Å². The topological polar surface area (TPSA) is 55.5 Å². The third-order valence-electron chi connectivity index (χ3n) is 2.51. The SMILES string of the molecule is COc1c(Br)cc(C)c(C(C)CN)c1O. The normalized spacial score (nSPS) is 12.6. The average Bonchev–Trinajstić information content (AvgIpc) is 2.17. The third kappa shape index (κ3) is 2.26. The lowest BCUT2D eigenvalue weighted by Crippen LogP contribution is -2.10. The average molecular weight is 274 g/mol. The van der Waals surface area contributed by atoms with E-state index in [0.29, 0.717) is 12.3 Å². The number of rotatable bonds is 3. The summed E-state index contributed by atoms with van der Waals surface area (Å²) in [7, 11) is 1.53. The molecule has 3 N–H and O–H groups in total. The summed E-state index contributed by atoms with van der Waals surface area (Å²) in [5.41, 5.74) is 7.48. The van der Waals surface area contributed by atoms with Crippen molar-refractivity contribution in [2.45, 2.75) is 19.8 Å². The van der Waals surface area contributed by atoms with Crippen molar-refractivity contribution in [2.75, 3.05) is 13.7 Å². The standard InChI is InChI=1S/C11H16BrNO2/c1-6-4-8(12)11(15-3)10(14)9(6)7(2)5-13/h4,7,14H,5,13H2,1-3H3. The van der Waals surface area contributed by atoms with E-state index in [9.17, 15) is 5.11 Å². The molecule has 84 valence electrons. The number of aromatic hydroxyl groups is 1.